The predicted molar refractivity (Wildman–Crippen MR) is 174 cm³/mol. The largest absolute Gasteiger partial charge is 0.508 e. The first-order valence-corrected chi connectivity index (χ1v) is 17.0. The van der Waals surface area contributed by atoms with Crippen molar-refractivity contribution < 1.29 is 14.2 Å². The molecule has 2 bridgehead atoms. The Bertz CT molecular complexity index is 1810. The van der Waals surface area contributed by atoms with E-state index in [0.29, 0.717) is 57.3 Å². The molecule has 2 aromatic heterocycles. The number of hydrogen-bond donors (Lipinski definition) is 2. The minimum absolute atomic E-state index is 0.00544. The number of halogens is 2. The third kappa shape index (κ3) is 4.56. The van der Waals surface area contributed by atoms with Gasteiger partial charge in [0, 0.05) is 53.4 Å². The third-order valence-electron chi connectivity index (χ3n) is 11.4. The predicted octanol–water partition coefficient (Wildman–Crippen LogP) is 6.46. The summed E-state index contributed by atoms with van der Waals surface area (Å²) in [5.41, 5.74) is 0.695. The summed E-state index contributed by atoms with van der Waals surface area (Å²) < 4.78 is 23.4. The van der Waals surface area contributed by atoms with E-state index in [4.69, 9.17) is 26.3 Å². The van der Waals surface area contributed by atoms with Gasteiger partial charge in [0.25, 0.3) is 0 Å². The van der Waals surface area contributed by atoms with E-state index >= 15 is 4.39 Å². The first-order chi connectivity index (χ1) is 22.0. The van der Waals surface area contributed by atoms with Gasteiger partial charge in [0.15, 0.2) is 5.82 Å². The molecule has 4 saturated heterocycles. The van der Waals surface area contributed by atoms with E-state index in [2.05, 4.69) is 20.1 Å². The number of nitrogens with one attached hydrogen (secondary N) is 1. The van der Waals surface area contributed by atoms with Gasteiger partial charge in [0.05, 0.1) is 10.9 Å². The van der Waals surface area contributed by atoms with Crippen LogP contribution in [0.15, 0.2) is 36.5 Å². The number of nitrogens with zero attached hydrogens (tertiary/aromatic N) is 5. The molecule has 1 saturated carbocycles. The molecule has 4 aromatic rings. The molecule has 0 amide bonds. The van der Waals surface area contributed by atoms with Crippen molar-refractivity contribution in [3.05, 3.63) is 47.4 Å². The van der Waals surface area contributed by atoms with Crippen LogP contribution >= 0.6 is 11.6 Å². The number of anilines is 1. The van der Waals surface area contributed by atoms with E-state index in [1.54, 1.807) is 18.3 Å². The lowest BCUT2D eigenvalue weighted by Gasteiger charge is -2.36. The van der Waals surface area contributed by atoms with Crippen LogP contribution in [-0.4, -0.2) is 74.9 Å². The second-order valence-corrected chi connectivity index (χ2v) is 14.4. The van der Waals surface area contributed by atoms with E-state index in [1.807, 2.05) is 12.1 Å². The van der Waals surface area contributed by atoms with Crippen LogP contribution in [0, 0.1) is 11.7 Å². The monoisotopic (exact) mass is 628 g/mol. The van der Waals surface area contributed by atoms with Crippen LogP contribution in [0.2, 0.25) is 5.02 Å². The summed E-state index contributed by atoms with van der Waals surface area (Å²) in [6.45, 7) is 3.23. The van der Waals surface area contributed by atoms with Crippen LogP contribution < -0.4 is 15.0 Å². The standard InChI is InChI=1S/C35H38ClFN6O2/c36-27-7-3-6-20-13-24(44)14-25(29(20)27)31-30(37)32-26(16-38-31)33(42-17-22-9-10-23(18-42)39-22)41-34(40-32)45-19-35-11-4-12-43(35)28-8-2-1-5-21(28)15-35/h3,6-7,13-14,16,21-23,28,39,44H,1-2,4-5,8-12,15,17-19H2. The first-order valence-electron chi connectivity index (χ1n) is 16.6. The van der Waals surface area contributed by atoms with E-state index in [9.17, 15) is 5.11 Å². The molecule has 0 radical (unpaired) electrons. The number of aromatic nitrogens is 3. The molecule has 0 spiro atoms. The summed E-state index contributed by atoms with van der Waals surface area (Å²) in [6.07, 6.45) is 12.6. The Hall–Kier alpha value is -3.27. The maximum atomic E-state index is 16.8. The summed E-state index contributed by atoms with van der Waals surface area (Å²) in [6, 6.07) is 10.2. The number of piperazine rings is 1. The molecule has 6 heterocycles. The van der Waals surface area contributed by atoms with E-state index in [0.717, 1.165) is 51.2 Å². The molecular formula is C35H38ClFN6O2. The van der Waals surface area contributed by atoms with Crippen LogP contribution in [-0.2, 0) is 0 Å². The lowest BCUT2D eigenvalue weighted by atomic mass is 9.82. The number of phenolic OH excluding ortho intramolecular Hbond substituents is 1. The van der Waals surface area contributed by atoms with Crippen molar-refractivity contribution in [3.63, 3.8) is 0 Å². The number of hydrogen-bond acceptors (Lipinski definition) is 8. The molecule has 45 heavy (non-hydrogen) atoms. The molecule has 5 aliphatic rings. The van der Waals surface area contributed by atoms with Crippen molar-refractivity contribution in [1.82, 2.24) is 25.2 Å². The van der Waals surface area contributed by atoms with Crippen LogP contribution in [0.1, 0.15) is 57.8 Å². The molecule has 8 nitrogen and oxygen atoms in total. The maximum Gasteiger partial charge on any atom is 0.319 e. The second-order valence-electron chi connectivity index (χ2n) is 14.0. The highest BCUT2D eigenvalue weighted by Gasteiger charge is 2.54. The normalized spacial score (nSPS) is 29.4. The number of ether oxygens (including phenoxy) is 1. The van der Waals surface area contributed by atoms with Crippen molar-refractivity contribution in [2.45, 2.75) is 81.5 Å². The van der Waals surface area contributed by atoms with E-state index in [1.165, 1.54) is 38.2 Å². The van der Waals surface area contributed by atoms with Crippen LogP contribution in [0.3, 0.4) is 0 Å². The maximum absolute atomic E-state index is 16.8. The van der Waals surface area contributed by atoms with Crippen molar-refractivity contribution in [1.29, 1.82) is 0 Å². The van der Waals surface area contributed by atoms with Crippen LogP contribution in [0.25, 0.3) is 32.9 Å². The Morgan fingerprint density at radius 3 is 2.78 bits per heavy atom. The van der Waals surface area contributed by atoms with Crippen molar-refractivity contribution in [2.24, 2.45) is 5.92 Å². The number of rotatable bonds is 5. The molecule has 9 rings (SSSR count). The average molecular weight is 629 g/mol. The fraction of sp³-hybridized carbons (Fsp3) is 0.514. The highest BCUT2D eigenvalue weighted by Crippen LogP contribution is 2.50. The number of fused-ring (bicyclic) bond motifs is 7. The first kappa shape index (κ1) is 28.0. The number of benzene rings is 2. The molecular weight excluding hydrogens is 591 g/mol. The van der Waals surface area contributed by atoms with Crippen molar-refractivity contribution in [3.8, 4) is 23.0 Å². The van der Waals surface area contributed by atoms with Crippen molar-refractivity contribution in [2.75, 3.05) is 31.1 Å². The molecule has 1 aliphatic carbocycles. The van der Waals surface area contributed by atoms with Gasteiger partial charge < -0.3 is 20.1 Å². The molecule has 234 valence electrons. The summed E-state index contributed by atoms with van der Waals surface area (Å²) >= 11 is 6.62. The minimum Gasteiger partial charge on any atom is -0.508 e. The molecule has 2 N–H and O–H groups in total. The van der Waals surface area contributed by atoms with Gasteiger partial charge in [-0.3, -0.25) is 9.88 Å². The smallest absolute Gasteiger partial charge is 0.319 e. The molecule has 5 atom stereocenters. The summed E-state index contributed by atoms with van der Waals surface area (Å²) in [5, 5.41) is 16.6. The summed E-state index contributed by atoms with van der Waals surface area (Å²) in [5.74, 6) is 0.855. The fourth-order valence-corrected chi connectivity index (χ4v) is 9.76. The highest BCUT2D eigenvalue weighted by atomic mass is 35.5. The number of phenols is 1. The van der Waals surface area contributed by atoms with Gasteiger partial charge in [-0.2, -0.15) is 9.97 Å². The van der Waals surface area contributed by atoms with Gasteiger partial charge in [0.2, 0.25) is 0 Å². The second kappa shape index (κ2) is 10.6. The van der Waals surface area contributed by atoms with Gasteiger partial charge in [-0.15, -0.1) is 0 Å². The fourth-order valence-electron chi connectivity index (χ4n) is 9.47. The average Bonchev–Trinajstić information content (AvgIpc) is 3.70. The lowest BCUT2D eigenvalue weighted by molar-refractivity contribution is 0.0777. The zero-order chi connectivity index (χ0) is 30.3. The van der Waals surface area contributed by atoms with Gasteiger partial charge in [-0.05, 0) is 81.0 Å². The number of pyridine rings is 1. The van der Waals surface area contributed by atoms with Crippen molar-refractivity contribution >= 4 is 39.1 Å². The Morgan fingerprint density at radius 1 is 1.07 bits per heavy atom. The minimum atomic E-state index is -0.571. The third-order valence-corrected chi connectivity index (χ3v) is 11.7. The van der Waals surface area contributed by atoms with Crippen LogP contribution in [0.4, 0.5) is 10.2 Å². The zero-order valence-corrected chi connectivity index (χ0v) is 26.1. The Balaban J connectivity index is 1.15. The summed E-state index contributed by atoms with van der Waals surface area (Å²) in [7, 11) is 0. The molecule has 10 heteroatoms. The van der Waals surface area contributed by atoms with Gasteiger partial charge in [0.1, 0.15) is 29.4 Å². The quantitative estimate of drug-likeness (QED) is 0.261. The Labute approximate surface area is 266 Å². The van der Waals surface area contributed by atoms with Gasteiger partial charge >= 0.3 is 6.01 Å². The number of aromatic hydroxyl groups is 1. The van der Waals surface area contributed by atoms with E-state index in [-0.39, 0.29) is 28.5 Å². The zero-order valence-electron chi connectivity index (χ0n) is 25.3. The lowest BCUT2D eigenvalue weighted by Crippen LogP contribution is -2.51. The molecule has 4 aliphatic heterocycles. The topological polar surface area (TPSA) is 86.6 Å². The highest BCUT2D eigenvalue weighted by molar-refractivity contribution is 6.36. The van der Waals surface area contributed by atoms with E-state index < -0.39 is 5.82 Å². The molecule has 5 fully saturated rings. The molecule has 2 aromatic carbocycles. The van der Waals surface area contributed by atoms with Gasteiger partial charge in [-0.25, -0.2) is 4.39 Å². The molecule has 5 unspecified atom stereocenters. The van der Waals surface area contributed by atoms with Crippen LogP contribution in [0.5, 0.6) is 11.8 Å². The van der Waals surface area contributed by atoms with Gasteiger partial charge in [-0.1, -0.05) is 36.6 Å². The Kier molecular flexibility index (Phi) is 6.62. The SMILES string of the molecule is Oc1cc(-c2ncc3c(N4CC5CCC(C4)N5)nc(OCC45CCCN4C4CCCCC4C5)nc3c2F)c2c(Cl)cccc2c1. The Morgan fingerprint density at radius 2 is 1.91 bits per heavy atom. The summed E-state index contributed by atoms with van der Waals surface area (Å²) in [4.78, 5) is 19.3.